The Morgan fingerprint density at radius 2 is 1.74 bits per heavy atom. The molecule has 0 radical (unpaired) electrons. The SMILES string of the molecule is CC(C)(C)c1ccc(C(=O)Nc2ccc([N+](=O)[O-])cc2Cl)cc1. The fourth-order valence-electron chi connectivity index (χ4n) is 2.04. The number of nitro benzene ring substituents is 1. The molecule has 6 heteroatoms. The molecule has 2 aromatic rings. The van der Waals surface area contributed by atoms with Crippen molar-refractivity contribution < 1.29 is 9.72 Å². The highest BCUT2D eigenvalue weighted by molar-refractivity contribution is 6.34. The lowest BCUT2D eigenvalue weighted by molar-refractivity contribution is -0.384. The quantitative estimate of drug-likeness (QED) is 0.648. The number of hydrogen-bond donors (Lipinski definition) is 1. The molecule has 0 aliphatic rings. The van der Waals surface area contributed by atoms with Crippen molar-refractivity contribution >= 4 is 28.9 Å². The molecular weight excluding hydrogens is 316 g/mol. The molecule has 23 heavy (non-hydrogen) atoms. The molecule has 0 fully saturated rings. The van der Waals surface area contributed by atoms with Crippen LogP contribution in [0, 0.1) is 10.1 Å². The largest absolute Gasteiger partial charge is 0.321 e. The molecule has 0 unspecified atom stereocenters. The molecule has 0 aliphatic heterocycles. The monoisotopic (exact) mass is 332 g/mol. The summed E-state index contributed by atoms with van der Waals surface area (Å²) in [7, 11) is 0. The van der Waals surface area contributed by atoms with E-state index >= 15 is 0 Å². The van der Waals surface area contributed by atoms with Crippen LogP contribution < -0.4 is 5.32 Å². The number of rotatable bonds is 3. The third-order valence-corrected chi connectivity index (χ3v) is 3.74. The van der Waals surface area contributed by atoms with Crippen molar-refractivity contribution in [1.82, 2.24) is 0 Å². The molecule has 1 amide bonds. The van der Waals surface area contributed by atoms with Crippen LogP contribution in [0.25, 0.3) is 0 Å². The van der Waals surface area contributed by atoms with E-state index in [0.717, 1.165) is 5.56 Å². The number of nitro groups is 1. The zero-order valence-corrected chi connectivity index (χ0v) is 13.8. The second-order valence-electron chi connectivity index (χ2n) is 6.20. The summed E-state index contributed by atoms with van der Waals surface area (Å²) in [5.74, 6) is -0.318. The number of benzene rings is 2. The number of nitrogens with one attached hydrogen (secondary N) is 1. The number of amides is 1. The van der Waals surface area contributed by atoms with E-state index in [1.54, 1.807) is 12.1 Å². The molecule has 0 aromatic heterocycles. The molecule has 0 bridgehead atoms. The molecule has 2 aromatic carbocycles. The van der Waals surface area contributed by atoms with Gasteiger partial charge in [-0.1, -0.05) is 44.5 Å². The molecular formula is C17H17ClN2O3. The van der Waals surface area contributed by atoms with Gasteiger partial charge in [0, 0.05) is 17.7 Å². The van der Waals surface area contributed by atoms with Gasteiger partial charge in [0.15, 0.2) is 0 Å². The molecule has 0 spiro atoms. The summed E-state index contributed by atoms with van der Waals surface area (Å²) < 4.78 is 0. The van der Waals surface area contributed by atoms with E-state index in [2.05, 4.69) is 26.1 Å². The Balaban J connectivity index is 2.17. The third kappa shape index (κ3) is 4.07. The molecule has 0 saturated carbocycles. The van der Waals surface area contributed by atoms with Crippen LogP contribution >= 0.6 is 11.6 Å². The van der Waals surface area contributed by atoms with E-state index in [0.29, 0.717) is 11.3 Å². The Kier molecular flexibility index (Phi) is 4.71. The number of carbonyl (C=O) groups is 1. The van der Waals surface area contributed by atoms with Gasteiger partial charge in [0.2, 0.25) is 0 Å². The maximum Gasteiger partial charge on any atom is 0.271 e. The van der Waals surface area contributed by atoms with Gasteiger partial charge in [-0.3, -0.25) is 14.9 Å². The van der Waals surface area contributed by atoms with Crippen LogP contribution in [0.2, 0.25) is 5.02 Å². The molecule has 0 saturated heterocycles. The number of halogens is 1. The standard InChI is InChI=1S/C17H17ClN2O3/c1-17(2,3)12-6-4-11(5-7-12)16(21)19-15-9-8-13(20(22)23)10-14(15)18/h4-10H,1-3H3,(H,19,21). The van der Waals surface area contributed by atoms with Crippen molar-refractivity contribution in [2.45, 2.75) is 26.2 Å². The minimum Gasteiger partial charge on any atom is -0.321 e. The molecule has 0 aliphatic carbocycles. The van der Waals surface area contributed by atoms with Gasteiger partial charge in [-0.2, -0.15) is 0 Å². The van der Waals surface area contributed by atoms with Crippen LogP contribution in [0.5, 0.6) is 0 Å². The highest BCUT2D eigenvalue weighted by atomic mass is 35.5. The molecule has 5 nitrogen and oxygen atoms in total. The summed E-state index contributed by atoms with van der Waals surface area (Å²) >= 11 is 5.97. The van der Waals surface area contributed by atoms with Crippen LogP contribution in [-0.2, 0) is 5.41 Å². The molecule has 2 rings (SSSR count). The van der Waals surface area contributed by atoms with E-state index in [1.807, 2.05) is 12.1 Å². The fourth-order valence-corrected chi connectivity index (χ4v) is 2.26. The van der Waals surface area contributed by atoms with Crippen molar-refractivity contribution in [3.05, 3.63) is 68.7 Å². The number of nitrogens with zero attached hydrogens (tertiary/aromatic N) is 1. The van der Waals surface area contributed by atoms with Crippen molar-refractivity contribution in [2.24, 2.45) is 0 Å². The first-order valence-electron chi connectivity index (χ1n) is 7.04. The molecule has 1 N–H and O–H groups in total. The highest BCUT2D eigenvalue weighted by Gasteiger charge is 2.15. The lowest BCUT2D eigenvalue weighted by Gasteiger charge is -2.19. The van der Waals surface area contributed by atoms with Gasteiger partial charge >= 0.3 is 0 Å². The van der Waals surface area contributed by atoms with Gasteiger partial charge in [-0.15, -0.1) is 0 Å². The summed E-state index contributed by atoms with van der Waals surface area (Å²) in [5, 5.41) is 13.5. The Hall–Kier alpha value is -2.40. The third-order valence-electron chi connectivity index (χ3n) is 3.42. The average molecular weight is 333 g/mol. The van der Waals surface area contributed by atoms with E-state index in [9.17, 15) is 14.9 Å². The van der Waals surface area contributed by atoms with Crippen LogP contribution in [0.1, 0.15) is 36.7 Å². The predicted octanol–water partition coefficient (Wildman–Crippen LogP) is 4.80. The first-order valence-corrected chi connectivity index (χ1v) is 7.42. The second kappa shape index (κ2) is 6.38. The van der Waals surface area contributed by atoms with Crippen LogP contribution in [0.15, 0.2) is 42.5 Å². The Labute approximate surface area is 139 Å². The van der Waals surface area contributed by atoms with E-state index < -0.39 is 4.92 Å². The average Bonchev–Trinajstić information content (AvgIpc) is 2.48. The Morgan fingerprint density at radius 1 is 1.13 bits per heavy atom. The number of carbonyl (C=O) groups excluding carboxylic acids is 1. The van der Waals surface area contributed by atoms with Crippen molar-refractivity contribution in [3.63, 3.8) is 0 Å². The zero-order valence-electron chi connectivity index (χ0n) is 13.1. The molecule has 0 atom stereocenters. The van der Waals surface area contributed by atoms with Gasteiger partial charge in [-0.25, -0.2) is 0 Å². The van der Waals surface area contributed by atoms with Gasteiger partial charge in [0.05, 0.1) is 15.6 Å². The lowest BCUT2D eigenvalue weighted by Crippen LogP contribution is -2.14. The first-order chi connectivity index (χ1) is 10.7. The van der Waals surface area contributed by atoms with Crippen LogP contribution in [0.4, 0.5) is 11.4 Å². The highest BCUT2D eigenvalue weighted by Crippen LogP contribution is 2.27. The number of non-ortho nitro benzene ring substituents is 1. The Bertz CT molecular complexity index is 749. The first kappa shape index (κ1) is 17.0. The molecule has 0 heterocycles. The van der Waals surface area contributed by atoms with Gasteiger partial charge in [0.1, 0.15) is 0 Å². The Morgan fingerprint density at radius 3 is 2.22 bits per heavy atom. The lowest BCUT2D eigenvalue weighted by atomic mass is 9.87. The second-order valence-corrected chi connectivity index (χ2v) is 6.61. The summed E-state index contributed by atoms with van der Waals surface area (Å²) in [6.07, 6.45) is 0. The van der Waals surface area contributed by atoms with Crippen molar-refractivity contribution in [3.8, 4) is 0 Å². The van der Waals surface area contributed by atoms with Gasteiger partial charge in [-0.05, 0) is 29.2 Å². The minimum absolute atomic E-state index is 0.0106. The maximum atomic E-state index is 12.2. The topological polar surface area (TPSA) is 72.2 Å². The van der Waals surface area contributed by atoms with Gasteiger partial charge < -0.3 is 5.32 Å². The normalized spacial score (nSPS) is 11.1. The van der Waals surface area contributed by atoms with Crippen molar-refractivity contribution in [2.75, 3.05) is 5.32 Å². The van der Waals surface area contributed by atoms with Crippen molar-refractivity contribution in [1.29, 1.82) is 0 Å². The smallest absolute Gasteiger partial charge is 0.271 e. The molecule has 120 valence electrons. The predicted molar refractivity (Wildman–Crippen MR) is 91.2 cm³/mol. The van der Waals surface area contributed by atoms with Crippen LogP contribution in [0.3, 0.4) is 0 Å². The van der Waals surface area contributed by atoms with E-state index in [-0.39, 0.29) is 22.0 Å². The summed E-state index contributed by atoms with van der Waals surface area (Å²) in [6.45, 7) is 6.29. The zero-order chi connectivity index (χ0) is 17.2. The minimum atomic E-state index is -0.539. The van der Waals surface area contributed by atoms with E-state index in [4.69, 9.17) is 11.6 Å². The van der Waals surface area contributed by atoms with Crippen LogP contribution in [-0.4, -0.2) is 10.8 Å². The summed E-state index contributed by atoms with van der Waals surface area (Å²) in [4.78, 5) is 22.4. The van der Waals surface area contributed by atoms with Gasteiger partial charge in [0.25, 0.3) is 11.6 Å². The fraction of sp³-hybridized carbons (Fsp3) is 0.235. The maximum absolute atomic E-state index is 12.2. The number of hydrogen-bond acceptors (Lipinski definition) is 3. The summed E-state index contributed by atoms with van der Waals surface area (Å²) in [6, 6.07) is 11.2. The summed E-state index contributed by atoms with van der Waals surface area (Å²) in [5.41, 5.74) is 1.84. The number of anilines is 1. The van der Waals surface area contributed by atoms with E-state index in [1.165, 1.54) is 18.2 Å².